The Labute approximate surface area is 109 Å². The molecular weight excluding hydrogens is 234 g/mol. The molecule has 98 valence electrons. The normalized spacial score (nSPS) is 22.0. The molecule has 17 heavy (non-hydrogen) atoms. The van der Waals surface area contributed by atoms with Gasteiger partial charge < -0.3 is 16.0 Å². The second-order valence-electron chi connectivity index (χ2n) is 4.92. The van der Waals surface area contributed by atoms with E-state index in [4.69, 9.17) is 18.0 Å². The first-order valence-corrected chi connectivity index (χ1v) is 6.77. The first-order chi connectivity index (χ1) is 8.02. The van der Waals surface area contributed by atoms with E-state index in [1.54, 1.807) is 0 Å². The predicted molar refractivity (Wildman–Crippen MR) is 74.0 cm³/mol. The first kappa shape index (κ1) is 14.2. The van der Waals surface area contributed by atoms with Crippen molar-refractivity contribution in [1.29, 1.82) is 0 Å². The molecule has 2 unspecified atom stereocenters. The van der Waals surface area contributed by atoms with Crippen LogP contribution in [0.4, 0.5) is 4.79 Å². The van der Waals surface area contributed by atoms with E-state index in [-0.39, 0.29) is 12.1 Å². The zero-order valence-electron chi connectivity index (χ0n) is 10.7. The average molecular weight is 257 g/mol. The molecule has 1 saturated heterocycles. The van der Waals surface area contributed by atoms with Crippen LogP contribution in [0.2, 0.25) is 0 Å². The van der Waals surface area contributed by atoms with Gasteiger partial charge >= 0.3 is 6.03 Å². The number of carbonyl (C=O) groups excluding carboxylic acids is 1. The van der Waals surface area contributed by atoms with Gasteiger partial charge in [0.05, 0.1) is 4.99 Å². The summed E-state index contributed by atoms with van der Waals surface area (Å²) >= 11 is 4.88. The Morgan fingerprint density at radius 2 is 2.35 bits per heavy atom. The van der Waals surface area contributed by atoms with E-state index >= 15 is 0 Å². The molecule has 0 aromatic heterocycles. The Bertz CT molecular complexity index is 283. The van der Waals surface area contributed by atoms with Crippen molar-refractivity contribution >= 4 is 23.2 Å². The zero-order valence-corrected chi connectivity index (χ0v) is 11.6. The number of urea groups is 1. The fourth-order valence-electron chi connectivity index (χ4n) is 2.18. The van der Waals surface area contributed by atoms with Crippen molar-refractivity contribution in [2.24, 2.45) is 11.7 Å². The minimum Gasteiger partial charge on any atom is -0.393 e. The molecule has 2 amide bonds. The van der Waals surface area contributed by atoms with Gasteiger partial charge in [-0.1, -0.05) is 26.1 Å². The van der Waals surface area contributed by atoms with Crippen molar-refractivity contribution in [1.82, 2.24) is 10.2 Å². The molecule has 0 bridgehead atoms. The lowest BCUT2D eigenvalue weighted by molar-refractivity contribution is 0.166. The fourth-order valence-corrected chi connectivity index (χ4v) is 2.38. The molecule has 1 aliphatic heterocycles. The van der Waals surface area contributed by atoms with Crippen LogP contribution < -0.4 is 11.1 Å². The number of likely N-dealkylation sites (tertiary alicyclic amines) is 1. The third-order valence-corrected chi connectivity index (χ3v) is 3.38. The minimum absolute atomic E-state index is 0.0275. The van der Waals surface area contributed by atoms with Gasteiger partial charge in [-0.05, 0) is 25.2 Å². The average Bonchev–Trinajstić information content (AvgIpc) is 2.27. The molecule has 1 rings (SSSR count). The van der Waals surface area contributed by atoms with E-state index < -0.39 is 0 Å². The second kappa shape index (κ2) is 6.79. The standard InChI is InChI=1S/C12H23N3OS/c1-3-10(7-11(13)17)14-12(16)15-6-4-5-9(2)8-15/h9-10H,3-8H2,1-2H3,(H2,13,17)(H,14,16). The van der Waals surface area contributed by atoms with Crippen LogP contribution in [0.15, 0.2) is 0 Å². The molecule has 1 aliphatic rings. The Morgan fingerprint density at radius 3 is 2.88 bits per heavy atom. The second-order valence-corrected chi connectivity index (χ2v) is 5.44. The van der Waals surface area contributed by atoms with E-state index in [2.05, 4.69) is 12.2 Å². The van der Waals surface area contributed by atoms with Gasteiger partial charge in [-0.3, -0.25) is 0 Å². The van der Waals surface area contributed by atoms with Gasteiger partial charge in [-0.15, -0.1) is 0 Å². The van der Waals surface area contributed by atoms with Crippen LogP contribution in [0.1, 0.15) is 39.5 Å². The summed E-state index contributed by atoms with van der Waals surface area (Å²) in [6.45, 7) is 5.93. The highest BCUT2D eigenvalue weighted by molar-refractivity contribution is 7.80. The highest BCUT2D eigenvalue weighted by Gasteiger charge is 2.22. The molecule has 0 saturated carbocycles. The van der Waals surface area contributed by atoms with Crippen molar-refractivity contribution in [2.75, 3.05) is 13.1 Å². The number of rotatable bonds is 4. The molecule has 0 aliphatic carbocycles. The van der Waals surface area contributed by atoms with Crippen molar-refractivity contribution in [3.63, 3.8) is 0 Å². The van der Waals surface area contributed by atoms with E-state index in [9.17, 15) is 4.79 Å². The zero-order chi connectivity index (χ0) is 12.8. The van der Waals surface area contributed by atoms with Gasteiger partial charge in [0, 0.05) is 25.6 Å². The van der Waals surface area contributed by atoms with E-state index in [0.717, 1.165) is 25.9 Å². The van der Waals surface area contributed by atoms with Crippen molar-refractivity contribution in [3.8, 4) is 0 Å². The van der Waals surface area contributed by atoms with Crippen LogP contribution in [0.25, 0.3) is 0 Å². The van der Waals surface area contributed by atoms with Crippen LogP contribution in [-0.4, -0.2) is 35.1 Å². The van der Waals surface area contributed by atoms with Crippen molar-refractivity contribution in [3.05, 3.63) is 0 Å². The largest absolute Gasteiger partial charge is 0.393 e. The molecule has 1 fully saturated rings. The highest BCUT2D eigenvalue weighted by Crippen LogP contribution is 2.15. The summed E-state index contributed by atoms with van der Waals surface area (Å²) in [5.41, 5.74) is 5.51. The number of nitrogens with one attached hydrogen (secondary N) is 1. The molecule has 1 heterocycles. The number of piperidine rings is 1. The Hall–Kier alpha value is -0.840. The third kappa shape index (κ3) is 4.89. The maximum absolute atomic E-state index is 12.0. The van der Waals surface area contributed by atoms with Gasteiger partial charge in [-0.25, -0.2) is 4.79 Å². The molecule has 0 aromatic rings. The van der Waals surface area contributed by atoms with Gasteiger partial charge in [0.1, 0.15) is 0 Å². The molecule has 0 radical (unpaired) electrons. The lowest BCUT2D eigenvalue weighted by Gasteiger charge is -2.32. The molecule has 5 heteroatoms. The number of nitrogens with zero attached hydrogens (tertiary/aromatic N) is 1. The lowest BCUT2D eigenvalue weighted by atomic mass is 10.0. The number of thiocarbonyl (C=S) groups is 1. The van der Waals surface area contributed by atoms with Gasteiger partial charge in [0.15, 0.2) is 0 Å². The smallest absolute Gasteiger partial charge is 0.317 e. The highest BCUT2D eigenvalue weighted by atomic mass is 32.1. The van der Waals surface area contributed by atoms with Gasteiger partial charge in [0.2, 0.25) is 0 Å². The van der Waals surface area contributed by atoms with Crippen LogP contribution in [0.3, 0.4) is 0 Å². The minimum atomic E-state index is 0.0275. The Kier molecular flexibility index (Phi) is 5.68. The Morgan fingerprint density at radius 1 is 1.65 bits per heavy atom. The van der Waals surface area contributed by atoms with Crippen molar-refractivity contribution in [2.45, 2.75) is 45.6 Å². The summed E-state index contributed by atoms with van der Waals surface area (Å²) in [5, 5.41) is 3.01. The van der Waals surface area contributed by atoms with E-state index in [1.807, 2.05) is 11.8 Å². The van der Waals surface area contributed by atoms with E-state index in [1.165, 1.54) is 6.42 Å². The molecule has 3 N–H and O–H groups in total. The van der Waals surface area contributed by atoms with Crippen LogP contribution in [0, 0.1) is 5.92 Å². The molecule has 0 aromatic carbocycles. The lowest BCUT2D eigenvalue weighted by Crippen LogP contribution is -2.48. The SMILES string of the molecule is CCC(CC(N)=S)NC(=O)N1CCCC(C)C1. The summed E-state index contributed by atoms with van der Waals surface area (Å²) in [6, 6.07) is 0.0943. The first-order valence-electron chi connectivity index (χ1n) is 6.36. The maximum Gasteiger partial charge on any atom is 0.317 e. The van der Waals surface area contributed by atoms with E-state index in [0.29, 0.717) is 17.3 Å². The van der Waals surface area contributed by atoms with Gasteiger partial charge in [0.25, 0.3) is 0 Å². The number of hydrogen-bond donors (Lipinski definition) is 2. The summed E-state index contributed by atoms with van der Waals surface area (Å²) < 4.78 is 0. The van der Waals surface area contributed by atoms with Gasteiger partial charge in [-0.2, -0.15) is 0 Å². The summed E-state index contributed by atoms with van der Waals surface area (Å²) in [6.07, 6.45) is 3.75. The van der Waals surface area contributed by atoms with Crippen LogP contribution in [-0.2, 0) is 0 Å². The monoisotopic (exact) mass is 257 g/mol. The summed E-state index contributed by atoms with van der Waals surface area (Å²) in [5.74, 6) is 0.602. The van der Waals surface area contributed by atoms with Crippen LogP contribution >= 0.6 is 12.2 Å². The molecular formula is C12H23N3OS. The van der Waals surface area contributed by atoms with Crippen LogP contribution in [0.5, 0.6) is 0 Å². The number of carbonyl (C=O) groups is 1. The fraction of sp³-hybridized carbons (Fsp3) is 0.833. The summed E-state index contributed by atoms with van der Waals surface area (Å²) in [7, 11) is 0. The topological polar surface area (TPSA) is 58.4 Å². The quantitative estimate of drug-likeness (QED) is 0.756. The molecule has 2 atom stereocenters. The number of amides is 2. The molecule has 0 spiro atoms. The summed E-state index contributed by atoms with van der Waals surface area (Å²) in [4.78, 5) is 14.4. The predicted octanol–water partition coefficient (Wildman–Crippen LogP) is 1.88. The third-order valence-electron chi connectivity index (χ3n) is 3.21. The Balaban J connectivity index is 2.43. The van der Waals surface area contributed by atoms with Crippen molar-refractivity contribution < 1.29 is 4.79 Å². The number of nitrogens with two attached hydrogens (primary N) is 1. The maximum atomic E-state index is 12.0. The molecule has 4 nitrogen and oxygen atoms in total. The number of hydrogen-bond acceptors (Lipinski definition) is 2.